The van der Waals surface area contributed by atoms with Crippen LogP contribution >= 0.6 is 0 Å². The van der Waals surface area contributed by atoms with Gasteiger partial charge in [0, 0.05) is 12.7 Å². The molecular weight excluding hydrogens is 276 g/mol. The number of carbonyl (C=O) groups is 1. The Labute approximate surface area is 128 Å². The molecule has 0 aliphatic carbocycles. The summed E-state index contributed by atoms with van der Waals surface area (Å²) in [7, 11) is 1.68. The second-order valence-corrected chi connectivity index (χ2v) is 5.25. The first-order valence-corrected chi connectivity index (χ1v) is 7.03. The minimum atomic E-state index is -0.388. The molecule has 0 aliphatic rings. The monoisotopic (exact) mass is 292 g/mol. The fraction of sp³-hybridized carbons (Fsp3) is 0.111. The molecular formula is C18H16N2O2. The van der Waals surface area contributed by atoms with Crippen molar-refractivity contribution < 1.29 is 4.79 Å². The van der Waals surface area contributed by atoms with Gasteiger partial charge in [-0.05, 0) is 36.1 Å². The van der Waals surface area contributed by atoms with Gasteiger partial charge in [0.05, 0.1) is 5.52 Å². The van der Waals surface area contributed by atoms with Crippen molar-refractivity contribution in [1.82, 2.24) is 4.57 Å². The van der Waals surface area contributed by atoms with Crippen molar-refractivity contribution in [3.63, 3.8) is 0 Å². The van der Waals surface area contributed by atoms with E-state index in [1.54, 1.807) is 13.1 Å². The van der Waals surface area contributed by atoms with Crippen molar-refractivity contribution in [2.75, 3.05) is 5.32 Å². The van der Waals surface area contributed by atoms with Crippen LogP contribution in [0.15, 0.2) is 59.4 Å². The van der Waals surface area contributed by atoms with Gasteiger partial charge in [-0.3, -0.25) is 9.59 Å². The Morgan fingerprint density at radius 3 is 2.50 bits per heavy atom. The molecule has 1 heterocycles. The predicted molar refractivity (Wildman–Crippen MR) is 88.3 cm³/mol. The highest BCUT2D eigenvalue weighted by Crippen LogP contribution is 2.16. The maximum absolute atomic E-state index is 12.5. The number of para-hydroxylation sites is 2. The van der Waals surface area contributed by atoms with Crippen LogP contribution < -0.4 is 10.9 Å². The van der Waals surface area contributed by atoms with Gasteiger partial charge in [0.1, 0.15) is 5.56 Å². The van der Waals surface area contributed by atoms with Crippen LogP contribution in [0, 0.1) is 6.92 Å². The standard InChI is InChI=1S/C18H16N2O2/c1-12-7-3-5-9-15(12)19-17(21)14-11-13-8-4-6-10-16(13)20(2)18(14)22/h3-11H,1-2H3,(H,19,21). The third-order valence-electron chi connectivity index (χ3n) is 3.77. The molecule has 0 spiro atoms. The van der Waals surface area contributed by atoms with Crippen molar-refractivity contribution in [2.24, 2.45) is 7.05 Å². The lowest BCUT2D eigenvalue weighted by Crippen LogP contribution is -2.28. The zero-order valence-electron chi connectivity index (χ0n) is 12.5. The van der Waals surface area contributed by atoms with Gasteiger partial charge in [-0.15, -0.1) is 0 Å². The summed E-state index contributed by atoms with van der Waals surface area (Å²) in [6, 6.07) is 16.6. The summed E-state index contributed by atoms with van der Waals surface area (Å²) in [5.41, 5.74) is 2.31. The normalized spacial score (nSPS) is 10.6. The average molecular weight is 292 g/mol. The smallest absolute Gasteiger partial charge is 0.263 e. The molecule has 4 nitrogen and oxygen atoms in total. The van der Waals surface area contributed by atoms with Crippen molar-refractivity contribution in [3.05, 3.63) is 76.1 Å². The number of nitrogens with one attached hydrogen (secondary N) is 1. The van der Waals surface area contributed by atoms with E-state index in [-0.39, 0.29) is 17.0 Å². The highest BCUT2D eigenvalue weighted by Gasteiger charge is 2.14. The Balaban J connectivity index is 2.07. The van der Waals surface area contributed by atoms with Gasteiger partial charge in [-0.1, -0.05) is 36.4 Å². The Morgan fingerprint density at radius 2 is 1.73 bits per heavy atom. The van der Waals surface area contributed by atoms with Crippen LogP contribution in [0.3, 0.4) is 0 Å². The molecule has 110 valence electrons. The van der Waals surface area contributed by atoms with E-state index in [1.165, 1.54) is 4.57 Å². The van der Waals surface area contributed by atoms with E-state index in [4.69, 9.17) is 0 Å². The molecule has 3 rings (SSSR count). The molecule has 1 aromatic heterocycles. The van der Waals surface area contributed by atoms with Crippen LogP contribution in [-0.2, 0) is 7.05 Å². The Morgan fingerprint density at radius 1 is 1.05 bits per heavy atom. The second kappa shape index (κ2) is 5.48. The summed E-state index contributed by atoms with van der Waals surface area (Å²) in [6.45, 7) is 1.91. The van der Waals surface area contributed by atoms with Crippen molar-refractivity contribution >= 4 is 22.5 Å². The molecule has 22 heavy (non-hydrogen) atoms. The molecule has 0 fully saturated rings. The number of carbonyl (C=O) groups excluding carboxylic acids is 1. The van der Waals surface area contributed by atoms with Gasteiger partial charge in [0.2, 0.25) is 0 Å². The van der Waals surface area contributed by atoms with E-state index < -0.39 is 0 Å². The highest BCUT2D eigenvalue weighted by molar-refractivity contribution is 6.06. The van der Waals surface area contributed by atoms with Crippen LogP contribution in [0.1, 0.15) is 15.9 Å². The average Bonchev–Trinajstić information content (AvgIpc) is 2.53. The summed E-state index contributed by atoms with van der Waals surface area (Å²) < 4.78 is 1.50. The molecule has 1 amide bonds. The van der Waals surface area contributed by atoms with Crippen LogP contribution in [-0.4, -0.2) is 10.5 Å². The number of aryl methyl sites for hydroxylation is 2. The first-order valence-electron chi connectivity index (χ1n) is 7.03. The van der Waals surface area contributed by atoms with E-state index >= 15 is 0 Å². The molecule has 0 atom stereocenters. The van der Waals surface area contributed by atoms with E-state index in [0.717, 1.165) is 16.5 Å². The van der Waals surface area contributed by atoms with E-state index in [9.17, 15) is 9.59 Å². The van der Waals surface area contributed by atoms with E-state index in [0.29, 0.717) is 5.69 Å². The molecule has 0 bridgehead atoms. The third-order valence-corrected chi connectivity index (χ3v) is 3.77. The molecule has 2 aromatic carbocycles. The lowest BCUT2D eigenvalue weighted by atomic mass is 10.1. The molecule has 1 N–H and O–H groups in total. The van der Waals surface area contributed by atoms with Gasteiger partial charge >= 0.3 is 0 Å². The van der Waals surface area contributed by atoms with E-state index in [1.807, 2.05) is 55.5 Å². The quantitative estimate of drug-likeness (QED) is 0.789. The molecule has 0 aliphatic heterocycles. The zero-order valence-corrected chi connectivity index (χ0v) is 12.5. The molecule has 0 radical (unpaired) electrons. The van der Waals surface area contributed by atoms with Gasteiger partial charge in [-0.2, -0.15) is 0 Å². The van der Waals surface area contributed by atoms with Crippen molar-refractivity contribution in [1.29, 1.82) is 0 Å². The summed E-state index contributed by atoms with van der Waals surface area (Å²) in [6.07, 6.45) is 0. The second-order valence-electron chi connectivity index (χ2n) is 5.25. The zero-order chi connectivity index (χ0) is 15.7. The number of rotatable bonds is 2. The number of nitrogens with zero attached hydrogens (tertiary/aromatic N) is 1. The number of anilines is 1. The van der Waals surface area contributed by atoms with Crippen LogP contribution in [0.4, 0.5) is 5.69 Å². The topological polar surface area (TPSA) is 51.1 Å². The lowest BCUT2D eigenvalue weighted by molar-refractivity contribution is 0.102. The minimum Gasteiger partial charge on any atom is -0.322 e. The van der Waals surface area contributed by atoms with Gasteiger partial charge in [0.25, 0.3) is 11.5 Å². The summed E-state index contributed by atoms with van der Waals surface area (Å²) >= 11 is 0. The third kappa shape index (κ3) is 2.39. The molecule has 0 unspecified atom stereocenters. The van der Waals surface area contributed by atoms with Gasteiger partial charge < -0.3 is 9.88 Å². The Kier molecular flexibility index (Phi) is 3.51. The highest BCUT2D eigenvalue weighted by atomic mass is 16.2. The van der Waals surface area contributed by atoms with E-state index in [2.05, 4.69) is 5.32 Å². The number of fused-ring (bicyclic) bond motifs is 1. The van der Waals surface area contributed by atoms with Gasteiger partial charge in [0.15, 0.2) is 0 Å². The number of aromatic nitrogens is 1. The number of hydrogen-bond donors (Lipinski definition) is 1. The molecule has 0 saturated heterocycles. The van der Waals surface area contributed by atoms with Gasteiger partial charge in [-0.25, -0.2) is 0 Å². The maximum atomic E-state index is 12.5. The SMILES string of the molecule is Cc1ccccc1NC(=O)c1cc2ccccc2n(C)c1=O. The number of hydrogen-bond acceptors (Lipinski definition) is 2. The minimum absolute atomic E-state index is 0.143. The number of pyridine rings is 1. The van der Waals surface area contributed by atoms with Crippen LogP contribution in [0.5, 0.6) is 0 Å². The first-order chi connectivity index (χ1) is 10.6. The largest absolute Gasteiger partial charge is 0.322 e. The first kappa shape index (κ1) is 14.1. The lowest BCUT2D eigenvalue weighted by Gasteiger charge is -2.10. The summed E-state index contributed by atoms with van der Waals surface area (Å²) in [4.78, 5) is 24.9. The maximum Gasteiger partial charge on any atom is 0.263 e. The number of amides is 1. The Hall–Kier alpha value is -2.88. The fourth-order valence-corrected chi connectivity index (χ4v) is 2.49. The predicted octanol–water partition coefficient (Wildman–Crippen LogP) is 3.10. The molecule has 3 aromatic rings. The van der Waals surface area contributed by atoms with Crippen molar-refractivity contribution in [3.8, 4) is 0 Å². The summed E-state index contributed by atoms with van der Waals surface area (Å²) in [5.74, 6) is -0.388. The fourth-order valence-electron chi connectivity index (χ4n) is 2.49. The molecule has 0 saturated carbocycles. The molecule has 4 heteroatoms. The van der Waals surface area contributed by atoms with Crippen LogP contribution in [0.25, 0.3) is 10.9 Å². The number of benzene rings is 2. The summed E-state index contributed by atoms with van der Waals surface area (Å²) in [5, 5.41) is 3.67. The van der Waals surface area contributed by atoms with Crippen molar-refractivity contribution in [2.45, 2.75) is 6.92 Å². The van der Waals surface area contributed by atoms with Crippen LogP contribution in [0.2, 0.25) is 0 Å². The Bertz CT molecular complexity index is 926.